The number of pyridine rings is 1. The van der Waals surface area contributed by atoms with Crippen molar-refractivity contribution >= 4 is 5.69 Å². The summed E-state index contributed by atoms with van der Waals surface area (Å²) >= 11 is 0. The van der Waals surface area contributed by atoms with E-state index in [1.807, 2.05) is 0 Å². The molecule has 1 aromatic heterocycles. The second-order valence-electron chi connectivity index (χ2n) is 4.13. The molecule has 0 spiro atoms. The number of hydrogen-bond acceptors (Lipinski definition) is 5. The van der Waals surface area contributed by atoms with Crippen LogP contribution in [0, 0.1) is 16.0 Å². The minimum atomic E-state index is -0.448. The SMILES string of the molecule is O=[N+]([O-])c1ccnc(OCC2CCCNC2)c1. The predicted molar refractivity (Wildman–Crippen MR) is 62.0 cm³/mol. The molecule has 1 saturated heterocycles. The fourth-order valence-corrected chi connectivity index (χ4v) is 1.86. The molecule has 0 aliphatic carbocycles. The molecular formula is C11H15N3O3. The molecular weight excluding hydrogens is 222 g/mol. The maximum absolute atomic E-state index is 10.6. The molecule has 0 saturated carbocycles. The van der Waals surface area contributed by atoms with Crippen LogP contribution in [-0.2, 0) is 0 Å². The smallest absolute Gasteiger partial charge is 0.276 e. The zero-order valence-corrected chi connectivity index (χ0v) is 9.46. The van der Waals surface area contributed by atoms with Crippen LogP contribution < -0.4 is 10.1 Å². The van der Waals surface area contributed by atoms with Crippen LogP contribution in [0.25, 0.3) is 0 Å². The monoisotopic (exact) mass is 237 g/mol. The molecule has 1 aliphatic rings. The molecule has 2 heterocycles. The van der Waals surface area contributed by atoms with Gasteiger partial charge in [-0.15, -0.1) is 0 Å². The number of ether oxygens (including phenoxy) is 1. The van der Waals surface area contributed by atoms with Crippen molar-refractivity contribution in [2.45, 2.75) is 12.8 Å². The summed E-state index contributed by atoms with van der Waals surface area (Å²) in [4.78, 5) is 14.1. The highest BCUT2D eigenvalue weighted by Gasteiger charge is 2.14. The lowest BCUT2D eigenvalue weighted by atomic mass is 10.0. The number of nitro groups is 1. The summed E-state index contributed by atoms with van der Waals surface area (Å²) in [6.45, 7) is 2.56. The van der Waals surface area contributed by atoms with Gasteiger partial charge in [-0.25, -0.2) is 4.98 Å². The summed E-state index contributed by atoms with van der Waals surface area (Å²) in [7, 11) is 0. The maximum Gasteiger partial charge on any atom is 0.276 e. The quantitative estimate of drug-likeness (QED) is 0.632. The molecule has 1 unspecified atom stereocenters. The summed E-state index contributed by atoms with van der Waals surface area (Å²) in [5, 5.41) is 13.9. The van der Waals surface area contributed by atoms with Gasteiger partial charge in [0, 0.05) is 24.7 Å². The van der Waals surface area contributed by atoms with E-state index in [1.165, 1.54) is 18.3 Å². The fourth-order valence-electron chi connectivity index (χ4n) is 1.86. The van der Waals surface area contributed by atoms with Crippen LogP contribution in [0.1, 0.15) is 12.8 Å². The summed E-state index contributed by atoms with van der Waals surface area (Å²) in [5.74, 6) is 0.787. The molecule has 1 aromatic rings. The largest absolute Gasteiger partial charge is 0.477 e. The van der Waals surface area contributed by atoms with Crippen molar-refractivity contribution in [1.29, 1.82) is 0 Å². The Morgan fingerprint density at radius 3 is 3.24 bits per heavy atom. The Labute approximate surface area is 99.2 Å². The summed E-state index contributed by atoms with van der Waals surface area (Å²) in [6.07, 6.45) is 3.67. The molecule has 0 amide bonds. The molecule has 17 heavy (non-hydrogen) atoms. The van der Waals surface area contributed by atoms with E-state index in [-0.39, 0.29) is 5.69 Å². The lowest BCUT2D eigenvalue weighted by molar-refractivity contribution is -0.385. The third kappa shape index (κ3) is 3.39. The van der Waals surface area contributed by atoms with Gasteiger partial charge in [0.05, 0.1) is 17.6 Å². The third-order valence-corrected chi connectivity index (χ3v) is 2.80. The van der Waals surface area contributed by atoms with Gasteiger partial charge in [-0.2, -0.15) is 0 Å². The summed E-state index contributed by atoms with van der Waals surface area (Å²) < 4.78 is 5.48. The summed E-state index contributed by atoms with van der Waals surface area (Å²) in [5.41, 5.74) is 0.0109. The Balaban J connectivity index is 1.89. The van der Waals surface area contributed by atoms with E-state index in [0.717, 1.165) is 25.9 Å². The molecule has 6 heteroatoms. The normalized spacial score (nSPS) is 19.9. The molecule has 0 radical (unpaired) electrons. The van der Waals surface area contributed by atoms with Gasteiger partial charge in [0.2, 0.25) is 5.88 Å². The van der Waals surface area contributed by atoms with Gasteiger partial charge in [-0.1, -0.05) is 0 Å². The Hall–Kier alpha value is -1.69. The second-order valence-corrected chi connectivity index (χ2v) is 4.13. The van der Waals surface area contributed by atoms with Gasteiger partial charge in [0.15, 0.2) is 0 Å². The van der Waals surface area contributed by atoms with E-state index in [4.69, 9.17) is 4.74 Å². The molecule has 6 nitrogen and oxygen atoms in total. The first-order valence-corrected chi connectivity index (χ1v) is 5.69. The van der Waals surface area contributed by atoms with E-state index in [0.29, 0.717) is 18.4 Å². The van der Waals surface area contributed by atoms with Gasteiger partial charge in [-0.3, -0.25) is 10.1 Å². The van der Waals surface area contributed by atoms with Crippen molar-refractivity contribution in [3.8, 4) is 5.88 Å². The molecule has 92 valence electrons. The van der Waals surface area contributed by atoms with Gasteiger partial charge in [-0.05, 0) is 19.4 Å². The average molecular weight is 237 g/mol. The highest BCUT2D eigenvalue weighted by molar-refractivity contribution is 5.32. The Morgan fingerprint density at radius 2 is 2.53 bits per heavy atom. The molecule has 1 fully saturated rings. The van der Waals surface area contributed by atoms with Crippen molar-refractivity contribution in [3.05, 3.63) is 28.4 Å². The predicted octanol–water partition coefficient (Wildman–Crippen LogP) is 1.37. The average Bonchev–Trinajstić information content (AvgIpc) is 2.38. The van der Waals surface area contributed by atoms with E-state index >= 15 is 0 Å². The van der Waals surface area contributed by atoms with Gasteiger partial charge in [0.1, 0.15) is 0 Å². The van der Waals surface area contributed by atoms with E-state index in [2.05, 4.69) is 10.3 Å². The first kappa shape index (κ1) is 11.8. The van der Waals surface area contributed by atoms with E-state index in [1.54, 1.807) is 0 Å². The Bertz CT molecular complexity index is 391. The number of piperidine rings is 1. The fraction of sp³-hybridized carbons (Fsp3) is 0.545. The molecule has 1 aliphatic heterocycles. The van der Waals surface area contributed by atoms with Crippen molar-refractivity contribution in [2.75, 3.05) is 19.7 Å². The van der Waals surface area contributed by atoms with Crippen LogP contribution in [0.15, 0.2) is 18.3 Å². The highest BCUT2D eigenvalue weighted by Crippen LogP contribution is 2.18. The highest BCUT2D eigenvalue weighted by atomic mass is 16.6. The van der Waals surface area contributed by atoms with Crippen LogP contribution >= 0.6 is 0 Å². The minimum absolute atomic E-state index is 0.0109. The van der Waals surface area contributed by atoms with E-state index in [9.17, 15) is 10.1 Å². The van der Waals surface area contributed by atoms with Gasteiger partial charge in [0.25, 0.3) is 5.69 Å². The van der Waals surface area contributed by atoms with Crippen molar-refractivity contribution < 1.29 is 9.66 Å². The van der Waals surface area contributed by atoms with Crippen LogP contribution in [-0.4, -0.2) is 29.6 Å². The minimum Gasteiger partial charge on any atom is -0.477 e. The number of hydrogen-bond donors (Lipinski definition) is 1. The first-order chi connectivity index (χ1) is 8.25. The number of aromatic nitrogens is 1. The number of nitrogens with zero attached hydrogens (tertiary/aromatic N) is 2. The molecule has 0 aromatic carbocycles. The van der Waals surface area contributed by atoms with Gasteiger partial charge >= 0.3 is 0 Å². The van der Waals surface area contributed by atoms with Crippen LogP contribution in [0.2, 0.25) is 0 Å². The lowest BCUT2D eigenvalue weighted by Gasteiger charge is -2.22. The standard InChI is InChI=1S/C11H15N3O3/c15-14(16)10-3-5-13-11(6-10)17-8-9-2-1-4-12-7-9/h3,5-6,9,12H,1-2,4,7-8H2. The lowest BCUT2D eigenvalue weighted by Crippen LogP contribution is -2.33. The van der Waals surface area contributed by atoms with Crippen LogP contribution in [0.3, 0.4) is 0 Å². The van der Waals surface area contributed by atoms with Crippen LogP contribution in [0.5, 0.6) is 5.88 Å². The second kappa shape index (κ2) is 5.58. The van der Waals surface area contributed by atoms with Gasteiger partial charge < -0.3 is 10.1 Å². The van der Waals surface area contributed by atoms with Crippen molar-refractivity contribution in [3.63, 3.8) is 0 Å². The van der Waals surface area contributed by atoms with Crippen molar-refractivity contribution in [1.82, 2.24) is 10.3 Å². The molecule has 1 N–H and O–H groups in total. The zero-order valence-electron chi connectivity index (χ0n) is 9.46. The first-order valence-electron chi connectivity index (χ1n) is 5.69. The van der Waals surface area contributed by atoms with Crippen molar-refractivity contribution in [2.24, 2.45) is 5.92 Å². The number of rotatable bonds is 4. The van der Waals surface area contributed by atoms with E-state index < -0.39 is 4.92 Å². The third-order valence-electron chi connectivity index (χ3n) is 2.80. The molecule has 2 rings (SSSR count). The topological polar surface area (TPSA) is 77.3 Å². The number of nitrogens with one attached hydrogen (secondary N) is 1. The Kier molecular flexibility index (Phi) is 3.87. The zero-order chi connectivity index (χ0) is 12.1. The molecule has 0 bridgehead atoms. The Morgan fingerprint density at radius 1 is 1.65 bits per heavy atom. The molecule has 1 atom stereocenters. The van der Waals surface area contributed by atoms with Crippen LogP contribution in [0.4, 0.5) is 5.69 Å². The maximum atomic E-state index is 10.6. The summed E-state index contributed by atoms with van der Waals surface area (Å²) in [6, 6.07) is 2.71.